The van der Waals surface area contributed by atoms with Crippen LogP contribution in [0.3, 0.4) is 0 Å². The van der Waals surface area contributed by atoms with E-state index in [9.17, 15) is 9.59 Å². The first-order chi connectivity index (χ1) is 16.6. The number of aromatic nitrogens is 1. The molecule has 0 fully saturated rings. The Balaban J connectivity index is 1.72. The van der Waals surface area contributed by atoms with Crippen molar-refractivity contribution >= 4 is 17.4 Å². The molecule has 0 spiro atoms. The Hall–Kier alpha value is -3.93. The van der Waals surface area contributed by atoms with Gasteiger partial charge in [0.15, 0.2) is 0 Å². The van der Waals surface area contributed by atoms with Crippen LogP contribution in [-0.2, 0) is 22.7 Å². The number of nitrogens with zero attached hydrogens (tertiary/aromatic N) is 3. The van der Waals surface area contributed by atoms with Gasteiger partial charge in [0.2, 0.25) is 0 Å². The molecule has 0 atom stereocenters. The molecular formula is C28H29N3O3. The quantitative estimate of drug-likeness (QED) is 0.416. The van der Waals surface area contributed by atoms with E-state index in [4.69, 9.17) is 4.74 Å². The SMILES string of the molecule is CCCOc1ccc(C2=C(N(CC)Cc3ccccc3)C(=O)N(Cc3cccnc3)C2=O)cc1. The summed E-state index contributed by atoms with van der Waals surface area (Å²) < 4.78 is 5.70. The lowest BCUT2D eigenvalue weighted by atomic mass is 10.0. The van der Waals surface area contributed by atoms with Crippen LogP contribution in [0.15, 0.2) is 84.8 Å². The zero-order valence-electron chi connectivity index (χ0n) is 19.6. The third-order valence-corrected chi connectivity index (χ3v) is 5.74. The molecule has 2 amide bonds. The minimum Gasteiger partial charge on any atom is -0.494 e. The molecule has 6 heteroatoms. The summed E-state index contributed by atoms with van der Waals surface area (Å²) >= 11 is 0. The number of ether oxygens (including phenoxy) is 1. The molecule has 2 heterocycles. The maximum Gasteiger partial charge on any atom is 0.278 e. The number of hydrogen-bond donors (Lipinski definition) is 0. The lowest BCUT2D eigenvalue weighted by molar-refractivity contribution is -0.138. The van der Waals surface area contributed by atoms with E-state index in [2.05, 4.69) is 11.9 Å². The number of hydrogen-bond acceptors (Lipinski definition) is 5. The van der Waals surface area contributed by atoms with Crippen molar-refractivity contribution < 1.29 is 14.3 Å². The van der Waals surface area contributed by atoms with E-state index in [1.165, 1.54) is 4.90 Å². The molecule has 0 N–H and O–H groups in total. The van der Waals surface area contributed by atoms with Crippen LogP contribution in [0.2, 0.25) is 0 Å². The van der Waals surface area contributed by atoms with E-state index >= 15 is 0 Å². The molecule has 0 saturated heterocycles. The summed E-state index contributed by atoms with van der Waals surface area (Å²) in [4.78, 5) is 34.7. The van der Waals surface area contributed by atoms with Crippen molar-refractivity contribution in [2.24, 2.45) is 0 Å². The Labute approximate surface area is 200 Å². The third kappa shape index (κ3) is 5.01. The Bertz CT molecular complexity index is 1160. The van der Waals surface area contributed by atoms with Crippen LogP contribution >= 0.6 is 0 Å². The summed E-state index contributed by atoms with van der Waals surface area (Å²) in [5.41, 5.74) is 3.44. The molecule has 2 aromatic carbocycles. The number of pyridine rings is 1. The summed E-state index contributed by atoms with van der Waals surface area (Å²) in [6, 6.07) is 21.1. The second-order valence-electron chi connectivity index (χ2n) is 8.15. The largest absolute Gasteiger partial charge is 0.494 e. The standard InChI is InChI=1S/C28H29N3O3/c1-3-17-34-24-14-12-23(13-15-24)25-26(30(4-2)19-21-9-6-5-7-10-21)28(33)31(27(25)32)20-22-11-8-16-29-18-22/h5-16,18H,3-4,17,19-20H2,1-2H3. The van der Waals surface area contributed by atoms with Gasteiger partial charge in [0.05, 0.1) is 18.7 Å². The zero-order valence-corrected chi connectivity index (χ0v) is 19.6. The first-order valence-corrected chi connectivity index (χ1v) is 11.6. The Morgan fingerprint density at radius 3 is 2.26 bits per heavy atom. The van der Waals surface area contributed by atoms with Gasteiger partial charge in [-0.3, -0.25) is 19.5 Å². The zero-order chi connectivity index (χ0) is 23.9. The fourth-order valence-corrected chi connectivity index (χ4v) is 4.03. The van der Waals surface area contributed by atoms with Gasteiger partial charge < -0.3 is 9.64 Å². The Kier molecular flexibility index (Phi) is 7.38. The average Bonchev–Trinajstić information content (AvgIpc) is 3.12. The number of rotatable bonds is 10. The number of amides is 2. The topological polar surface area (TPSA) is 62.7 Å². The van der Waals surface area contributed by atoms with Crippen LogP contribution in [0.25, 0.3) is 5.57 Å². The van der Waals surface area contributed by atoms with Gasteiger partial charge in [0.1, 0.15) is 11.4 Å². The predicted octanol–water partition coefficient (Wildman–Crippen LogP) is 4.67. The van der Waals surface area contributed by atoms with Crippen molar-refractivity contribution in [1.82, 2.24) is 14.8 Å². The summed E-state index contributed by atoms with van der Waals surface area (Å²) in [6.45, 7) is 5.98. The predicted molar refractivity (Wildman–Crippen MR) is 131 cm³/mol. The van der Waals surface area contributed by atoms with Crippen molar-refractivity contribution in [3.63, 3.8) is 0 Å². The molecule has 3 aromatic rings. The second-order valence-corrected chi connectivity index (χ2v) is 8.15. The van der Waals surface area contributed by atoms with E-state index in [1.54, 1.807) is 18.5 Å². The molecule has 0 unspecified atom stereocenters. The Morgan fingerprint density at radius 2 is 1.62 bits per heavy atom. The van der Waals surface area contributed by atoms with Gasteiger partial charge in [0.25, 0.3) is 11.8 Å². The molecule has 6 nitrogen and oxygen atoms in total. The molecule has 0 aliphatic carbocycles. The summed E-state index contributed by atoms with van der Waals surface area (Å²) in [7, 11) is 0. The van der Waals surface area contributed by atoms with Crippen LogP contribution in [0.4, 0.5) is 0 Å². The first kappa shape index (κ1) is 23.2. The van der Waals surface area contributed by atoms with Crippen LogP contribution in [0.5, 0.6) is 5.75 Å². The molecule has 1 aromatic heterocycles. The monoisotopic (exact) mass is 455 g/mol. The van der Waals surface area contributed by atoms with E-state index < -0.39 is 0 Å². The highest BCUT2D eigenvalue weighted by Gasteiger charge is 2.41. The van der Waals surface area contributed by atoms with Crippen molar-refractivity contribution in [3.05, 3.63) is 102 Å². The minimum absolute atomic E-state index is 0.180. The highest BCUT2D eigenvalue weighted by Crippen LogP contribution is 2.34. The maximum atomic E-state index is 13.7. The molecule has 0 radical (unpaired) electrons. The smallest absolute Gasteiger partial charge is 0.278 e. The average molecular weight is 456 g/mol. The van der Waals surface area contributed by atoms with Gasteiger partial charge in [-0.2, -0.15) is 0 Å². The van der Waals surface area contributed by atoms with E-state index in [-0.39, 0.29) is 18.4 Å². The van der Waals surface area contributed by atoms with Crippen LogP contribution in [0, 0.1) is 0 Å². The minimum atomic E-state index is -0.294. The number of imide groups is 1. The van der Waals surface area contributed by atoms with Gasteiger partial charge >= 0.3 is 0 Å². The fraction of sp³-hybridized carbons (Fsp3) is 0.250. The van der Waals surface area contributed by atoms with E-state index in [0.29, 0.717) is 36.5 Å². The number of carbonyl (C=O) groups excluding carboxylic acids is 2. The lowest BCUT2D eigenvalue weighted by Gasteiger charge is -2.25. The molecular weight excluding hydrogens is 426 g/mol. The number of likely N-dealkylation sites (N-methyl/N-ethyl adjacent to an activating group) is 1. The van der Waals surface area contributed by atoms with Crippen molar-refractivity contribution in [1.29, 1.82) is 0 Å². The first-order valence-electron chi connectivity index (χ1n) is 11.6. The van der Waals surface area contributed by atoms with Crippen molar-refractivity contribution in [2.45, 2.75) is 33.4 Å². The van der Waals surface area contributed by atoms with Crippen LogP contribution in [-0.4, -0.2) is 39.7 Å². The highest BCUT2D eigenvalue weighted by molar-refractivity contribution is 6.35. The molecule has 34 heavy (non-hydrogen) atoms. The molecule has 4 rings (SSSR count). The van der Waals surface area contributed by atoms with Gasteiger partial charge in [-0.25, -0.2) is 0 Å². The van der Waals surface area contributed by atoms with Crippen LogP contribution < -0.4 is 4.74 Å². The van der Waals surface area contributed by atoms with E-state index in [0.717, 1.165) is 23.3 Å². The second kappa shape index (κ2) is 10.8. The van der Waals surface area contributed by atoms with E-state index in [1.807, 2.05) is 72.5 Å². The molecule has 1 aliphatic rings. The number of benzene rings is 2. The number of carbonyl (C=O) groups is 2. The molecule has 0 bridgehead atoms. The summed E-state index contributed by atoms with van der Waals surface area (Å²) in [6.07, 6.45) is 4.27. The van der Waals surface area contributed by atoms with Crippen molar-refractivity contribution in [2.75, 3.05) is 13.2 Å². The van der Waals surface area contributed by atoms with Gasteiger partial charge in [-0.05, 0) is 48.2 Å². The lowest BCUT2D eigenvalue weighted by Crippen LogP contribution is -2.34. The molecule has 0 saturated carbocycles. The summed E-state index contributed by atoms with van der Waals surface area (Å²) in [5.74, 6) is 0.166. The van der Waals surface area contributed by atoms with Crippen LogP contribution in [0.1, 0.15) is 37.0 Å². The normalized spacial score (nSPS) is 13.5. The molecule has 1 aliphatic heterocycles. The molecule has 174 valence electrons. The Morgan fingerprint density at radius 1 is 0.882 bits per heavy atom. The highest BCUT2D eigenvalue weighted by atomic mass is 16.5. The van der Waals surface area contributed by atoms with Gasteiger partial charge in [-0.1, -0.05) is 55.5 Å². The van der Waals surface area contributed by atoms with Gasteiger partial charge in [0, 0.05) is 25.5 Å². The summed E-state index contributed by atoms with van der Waals surface area (Å²) in [5, 5.41) is 0. The maximum absolute atomic E-state index is 13.7. The van der Waals surface area contributed by atoms with Gasteiger partial charge in [-0.15, -0.1) is 0 Å². The third-order valence-electron chi connectivity index (χ3n) is 5.74. The van der Waals surface area contributed by atoms with Crippen molar-refractivity contribution in [3.8, 4) is 5.75 Å². The fourth-order valence-electron chi connectivity index (χ4n) is 4.03.